The van der Waals surface area contributed by atoms with E-state index in [9.17, 15) is 14.4 Å². The van der Waals surface area contributed by atoms with E-state index >= 15 is 0 Å². The van der Waals surface area contributed by atoms with Crippen LogP contribution in [0.3, 0.4) is 0 Å². The van der Waals surface area contributed by atoms with Gasteiger partial charge in [-0.2, -0.15) is 11.8 Å². The van der Waals surface area contributed by atoms with Gasteiger partial charge in [0.25, 0.3) is 0 Å². The maximum atomic E-state index is 12.0. The number of likely N-dealkylation sites (N-methyl/N-ethyl adjacent to an activating group) is 1. The summed E-state index contributed by atoms with van der Waals surface area (Å²) < 4.78 is 21.8. The summed E-state index contributed by atoms with van der Waals surface area (Å²) in [7, 11) is 1.92. The second kappa shape index (κ2) is 20.7. The predicted molar refractivity (Wildman–Crippen MR) is 146 cm³/mol. The number of carbonyl (C=O) groups is 3. The second-order valence-corrected chi connectivity index (χ2v) is 11.3. The number of Topliss-reactive ketones (excluding diaryl/α,β-unsaturated/α-hetero) is 1. The molecule has 1 saturated heterocycles. The molecule has 10 nitrogen and oxygen atoms in total. The van der Waals surface area contributed by atoms with Crippen molar-refractivity contribution >= 4 is 29.9 Å². The second-order valence-electron chi connectivity index (χ2n) is 10.0. The average Bonchev–Trinajstić information content (AvgIpc) is 3.25. The number of thioether (sulfide) groups is 1. The largest absolute Gasteiger partial charge is 0.379 e. The highest BCUT2D eigenvalue weighted by Crippen LogP contribution is 2.31. The molecule has 3 N–H and O–H groups in total. The summed E-state index contributed by atoms with van der Waals surface area (Å²) in [6.45, 7) is 9.90. The molecule has 11 heteroatoms. The summed E-state index contributed by atoms with van der Waals surface area (Å²) in [6.07, 6.45) is 4.49. The first-order valence-corrected chi connectivity index (χ1v) is 14.4. The van der Waals surface area contributed by atoms with Gasteiger partial charge in [0.15, 0.2) is 0 Å². The van der Waals surface area contributed by atoms with Gasteiger partial charge < -0.3 is 34.9 Å². The fourth-order valence-corrected chi connectivity index (χ4v) is 5.44. The van der Waals surface area contributed by atoms with Gasteiger partial charge in [-0.15, -0.1) is 0 Å². The number of hydrogen-bond acceptors (Lipinski definition) is 9. The molecule has 1 heterocycles. The van der Waals surface area contributed by atoms with Crippen LogP contribution in [0.5, 0.6) is 0 Å². The van der Waals surface area contributed by atoms with Crippen molar-refractivity contribution in [3.63, 3.8) is 0 Å². The van der Waals surface area contributed by atoms with Gasteiger partial charge in [-0.05, 0) is 19.9 Å². The highest BCUT2D eigenvalue weighted by atomic mass is 32.2. The van der Waals surface area contributed by atoms with Crippen LogP contribution in [0, 0.1) is 5.41 Å². The van der Waals surface area contributed by atoms with Gasteiger partial charge in [0.2, 0.25) is 12.3 Å². The molecule has 0 aromatic rings. The van der Waals surface area contributed by atoms with Crippen molar-refractivity contribution in [1.82, 2.24) is 16.0 Å². The SMILES string of the molecule is CN[C@H]1CSC(CCCCC(=O)NCCOCCOCCOCCOCCC(=O)C(C)(C)C)[C@H]1NC=O. The molecule has 0 aliphatic carbocycles. The van der Waals surface area contributed by atoms with E-state index < -0.39 is 0 Å². The Labute approximate surface area is 227 Å². The summed E-state index contributed by atoms with van der Waals surface area (Å²) in [5.74, 6) is 1.23. The summed E-state index contributed by atoms with van der Waals surface area (Å²) in [5, 5.41) is 9.47. The molecule has 1 aliphatic heterocycles. The zero-order valence-corrected chi connectivity index (χ0v) is 24.0. The van der Waals surface area contributed by atoms with Crippen LogP contribution in [-0.4, -0.2) is 108 Å². The molecule has 2 amide bonds. The van der Waals surface area contributed by atoms with Crippen LogP contribution in [-0.2, 0) is 33.3 Å². The van der Waals surface area contributed by atoms with Gasteiger partial charge in [0.05, 0.1) is 58.9 Å². The molecule has 37 heavy (non-hydrogen) atoms. The number of rotatable bonds is 23. The lowest BCUT2D eigenvalue weighted by Gasteiger charge is -2.22. The molecule has 1 fully saturated rings. The van der Waals surface area contributed by atoms with E-state index in [0.29, 0.717) is 83.5 Å². The Hall–Kier alpha value is -1.24. The first-order chi connectivity index (χ1) is 17.8. The lowest BCUT2D eigenvalue weighted by molar-refractivity contribution is -0.127. The average molecular weight is 548 g/mol. The van der Waals surface area contributed by atoms with Gasteiger partial charge in [-0.3, -0.25) is 14.4 Å². The van der Waals surface area contributed by atoms with E-state index in [-0.39, 0.29) is 23.1 Å². The molecule has 0 radical (unpaired) electrons. The van der Waals surface area contributed by atoms with Gasteiger partial charge >= 0.3 is 0 Å². The highest BCUT2D eigenvalue weighted by Gasteiger charge is 2.35. The molecule has 0 bridgehead atoms. The number of ether oxygens (including phenoxy) is 4. The number of nitrogens with one attached hydrogen (secondary N) is 3. The maximum Gasteiger partial charge on any atom is 0.220 e. The van der Waals surface area contributed by atoms with Crippen molar-refractivity contribution in [1.29, 1.82) is 0 Å². The number of carbonyl (C=O) groups excluding carboxylic acids is 3. The normalized spacial score (nSPS) is 19.6. The number of amides is 2. The van der Waals surface area contributed by atoms with Gasteiger partial charge in [-0.25, -0.2) is 0 Å². The highest BCUT2D eigenvalue weighted by molar-refractivity contribution is 8.00. The van der Waals surface area contributed by atoms with Crippen LogP contribution < -0.4 is 16.0 Å². The molecule has 0 saturated carbocycles. The summed E-state index contributed by atoms with van der Waals surface area (Å²) in [4.78, 5) is 34.6. The topological polar surface area (TPSA) is 124 Å². The quantitative estimate of drug-likeness (QED) is 0.129. The summed E-state index contributed by atoms with van der Waals surface area (Å²) >= 11 is 1.88. The summed E-state index contributed by atoms with van der Waals surface area (Å²) in [5.41, 5.74) is -0.317. The Morgan fingerprint density at radius 3 is 2.05 bits per heavy atom. The number of ketones is 1. The molecular weight excluding hydrogens is 498 g/mol. The van der Waals surface area contributed by atoms with Gasteiger partial charge in [0.1, 0.15) is 5.78 Å². The third-order valence-corrected chi connectivity index (χ3v) is 7.60. The molecule has 216 valence electrons. The van der Waals surface area contributed by atoms with E-state index in [0.717, 1.165) is 31.4 Å². The van der Waals surface area contributed by atoms with Crippen LogP contribution in [0.25, 0.3) is 0 Å². The van der Waals surface area contributed by atoms with E-state index in [2.05, 4.69) is 16.0 Å². The van der Waals surface area contributed by atoms with Gasteiger partial charge in [-0.1, -0.05) is 27.2 Å². The first-order valence-electron chi connectivity index (χ1n) is 13.4. The standard InChI is InChI=1S/C26H49N3O7S/c1-26(2,3)23(31)9-11-33-13-15-35-17-18-36-16-14-34-12-10-28-24(32)8-6-5-7-22-25(29-20-30)21(27-4)19-37-22/h20-22,25,27H,5-19H2,1-4H3,(H,28,32)(H,29,30)/t21-,22?,25-/m0/s1. The minimum atomic E-state index is -0.317. The van der Waals surface area contributed by atoms with Crippen LogP contribution in [0.4, 0.5) is 0 Å². The van der Waals surface area contributed by atoms with Crippen LogP contribution in [0.1, 0.15) is 52.9 Å². The molecular formula is C26H49N3O7S. The Kier molecular flexibility index (Phi) is 18.9. The number of unbranched alkanes of at least 4 members (excludes halogenated alkanes) is 1. The van der Waals surface area contributed by atoms with Crippen LogP contribution >= 0.6 is 11.8 Å². The predicted octanol–water partition coefficient (Wildman–Crippen LogP) is 1.55. The zero-order chi connectivity index (χ0) is 27.4. The van der Waals surface area contributed by atoms with E-state index in [1.807, 2.05) is 39.6 Å². The van der Waals surface area contributed by atoms with E-state index in [1.54, 1.807) is 0 Å². The third kappa shape index (κ3) is 16.4. The van der Waals surface area contributed by atoms with Crippen molar-refractivity contribution < 1.29 is 33.3 Å². The summed E-state index contributed by atoms with van der Waals surface area (Å²) in [6, 6.07) is 0.451. The fraction of sp³-hybridized carbons (Fsp3) is 0.885. The molecule has 1 unspecified atom stereocenters. The maximum absolute atomic E-state index is 12.0. The lowest BCUT2D eigenvalue weighted by Crippen LogP contribution is -2.48. The van der Waals surface area contributed by atoms with Crippen molar-refractivity contribution in [3.05, 3.63) is 0 Å². The van der Waals surface area contributed by atoms with Crippen molar-refractivity contribution in [2.45, 2.75) is 70.2 Å². The Morgan fingerprint density at radius 2 is 1.49 bits per heavy atom. The van der Waals surface area contributed by atoms with Gasteiger partial charge in [0, 0.05) is 41.8 Å². The van der Waals surface area contributed by atoms with Crippen molar-refractivity contribution in [3.8, 4) is 0 Å². The number of hydrogen-bond donors (Lipinski definition) is 3. The first kappa shape index (κ1) is 33.8. The fourth-order valence-electron chi connectivity index (χ4n) is 3.81. The molecule has 0 spiro atoms. The monoisotopic (exact) mass is 547 g/mol. The minimum Gasteiger partial charge on any atom is -0.379 e. The Morgan fingerprint density at radius 1 is 0.892 bits per heavy atom. The molecule has 1 rings (SSSR count). The zero-order valence-electron chi connectivity index (χ0n) is 23.2. The Balaban J connectivity index is 1.84. The van der Waals surface area contributed by atoms with Crippen molar-refractivity contribution in [2.24, 2.45) is 5.41 Å². The Bertz CT molecular complexity index is 634. The third-order valence-electron chi connectivity index (χ3n) is 6.09. The molecule has 1 aliphatic rings. The van der Waals surface area contributed by atoms with Crippen LogP contribution in [0.2, 0.25) is 0 Å². The van der Waals surface area contributed by atoms with E-state index in [4.69, 9.17) is 18.9 Å². The van der Waals surface area contributed by atoms with E-state index in [1.165, 1.54) is 0 Å². The molecule has 0 aromatic heterocycles. The molecule has 0 aromatic carbocycles. The lowest BCUT2D eigenvalue weighted by atomic mass is 9.89. The van der Waals surface area contributed by atoms with Crippen LogP contribution in [0.15, 0.2) is 0 Å². The smallest absolute Gasteiger partial charge is 0.220 e. The molecule has 3 atom stereocenters. The van der Waals surface area contributed by atoms with Crippen molar-refractivity contribution in [2.75, 3.05) is 72.2 Å². The minimum absolute atomic E-state index is 0.0384.